The second-order valence-corrected chi connectivity index (χ2v) is 7.75. The summed E-state index contributed by atoms with van der Waals surface area (Å²) in [7, 11) is 0. The molecule has 0 radical (unpaired) electrons. The van der Waals surface area contributed by atoms with Crippen LogP contribution in [0.25, 0.3) is 0 Å². The van der Waals surface area contributed by atoms with Crippen LogP contribution in [-0.4, -0.2) is 36.5 Å². The van der Waals surface area contributed by atoms with Gasteiger partial charge in [0.1, 0.15) is 11.4 Å². The summed E-state index contributed by atoms with van der Waals surface area (Å²) in [6.07, 6.45) is 7.54. The van der Waals surface area contributed by atoms with Crippen LogP contribution in [0.1, 0.15) is 45.4 Å². The lowest BCUT2D eigenvalue weighted by atomic mass is 9.58. The van der Waals surface area contributed by atoms with Gasteiger partial charge in [-0.2, -0.15) is 0 Å². The molecule has 5 rings (SSSR count). The number of ketones is 1. The Morgan fingerprint density at radius 1 is 1.19 bits per heavy atom. The average Bonchev–Trinajstić information content (AvgIpc) is 3.07. The minimum Gasteiger partial charge on any atom is -0.362 e. The first-order valence-corrected chi connectivity index (χ1v) is 8.25. The molecular formula is C17H22O4. The number of ether oxygens (including phenoxy) is 3. The third-order valence-electron chi connectivity index (χ3n) is 6.57. The fourth-order valence-corrected chi connectivity index (χ4v) is 5.91. The summed E-state index contributed by atoms with van der Waals surface area (Å²) < 4.78 is 18.7. The van der Waals surface area contributed by atoms with Crippen LogP contribution in [-0.2, 0) is 19.0 Å². The quantitative estimate of drug-likeness (QED) is 0.643. The molecule has 0 aromatic heterocycles. The molecule has 4 heteroatoms. The Bertz CT molecular complexity index is 547. The Morgan fingerprint density at radius 3 is 2.81 bits per heavy atom. The Labute approximate surface area is 124 Å². The topological polar surface area (TPSA) is 44.8 Å². The number of hydrogen-bond donors (Lipinski definition) is 0. The van der Waals surface area contributed by atoms with Crippen molar-refractivity contribution in [3.05, 3.63) is 11.6 Å². The molecule has 0 aromatic rings. The molecule has 3 heterocycles. The molecule has 2 spiro atoms. The van der Waals surface area contributed by atoms with Crippen LogP contribution in [0.4, 0.5) is 0 Å². The molecule has 0 aromatic carbocycles. The molecule has 2 saturated carbocycles. The number of hydrogen-bond acceptors (Lipinski definition) is 4. The van der Waals surface area contributed by atoms with E-state index in [9.17, 15) is 4.79 Å². The van der Waals surface area contributed by atoms with Crippen molar-refractivity contribution in [3.63, 3.8) is 0 Å². The van der Waals surface area contributed by atoms with Crippen molar-refractivity contribution in [2.45, 2.75) is 62.9 Å². The summed E-state index contributed by atoms with van der Waals surface area (Å²) in [5.41, 5.74) is 1.07. The number of fused-ring (bicyclic) bond motifs is 3. The Morgan fingerprint density at radius 2 is 2.00 bits per heavy atom. The molecule has 4 atom stereocenters. The van der Waals surface area contributed by atoms with Gasteiger partial charge in [-0.25, -0.2) is 0 Å². The van der Waals surface area contributed by atoms with Gasteiger partial charge in [-0.15, -0.1) is 0 Å². The lowest BCUT2D eigenvalue weighted by Crippen LogP contribution is -2.60. The lowest BCUT2D eigenvalue weighted by molar-refractivity contribution is -0.254. The van der Waals surface area contributed by atoms with Crippen molar-refractivity contribution >= 4 is 5.78 Å². The monoisotopic (exact) mass is 290 g/mol. The highest BCUT2D eigenvalue weighted by Gasteiger charge is 2.71. The van der Waals surface area contributed by atoms with Crippen LogP contribution in [0.15, 0.2) is 11.6 Å². The second-order valence-electron chi connectivity index (χ2n) is 7.75. The molecule has 2 aliphatic carbocycles. The fraction of sp³-hybridized carbons (Fsp3) is 0.824. The summed E-state index contributed by atoms with van der Waals surface area (Å²) in [6.45, 7) is 3.68. The van der Waals surface area contributed by atoms with E-state index in [4.69, 9.17) is 14.2 Å². The van der Waals surface area contributed by atoms with Crippen LogP contribution in [0, 0.1) is 11.3 Å². The molecule has 0 amide bonds. The van der Waals surface area contributed by atoms with E-state index >= 15 is 0 Å². The summed E-state index contributed by atoms with van der Waals surface area (Å²) in [4.78, 5) is 12.3. The maximum Gasteiger partial charge on any atom is 0.174 e. The van der Waals surface area contributed by atoms with Gasteiger partial charge in [-0.05, 0) is 30.3 Å². The minimum atomic E-state index is -0.513. The van der Waals surface area contributed by atoms with E-state index in [0.29, 0.717) is 31.8 Å². The van der Waals surface area contributed by atoms with Gasteiger partial charge >= 0.3 is 0 Å². The van der Waals surface area contributed by atoms with Crippen LogP contribution in [0.3, 0.4) is 0 Å². The van der Waals surface area contributed by atoms with Crippen molar-refractivity contribution in [3.8, 4) is 0 Å². The van der Waals surface area contributed by atoms with Gasteiger partial charge in [0, 0.05) is 19.3 Å². The van der Waals surface area contributed by atoms with Crippen LogP contribution < -0.4 is 0 Å². The SMILES string of the molecule is C[C@@]12CCC3=C[C@H]4CC(=O)C[C@@]3(O4)[C@@H]1C1(CC2)OCCO1. The highest BCUT2D eigenvalue weighted by atomic mass is 16.7. The number of rotatable bonds is 0. The maximum atomic E-state index is 12.3. The molecule has 4 nitrogen and oxygen atoms in total. The summed E-state index contributed by atoms with van der Waals surface area (Å²) >= 11 is 0. The molecule has 2 bridgehead atoms. The van der Waals surface area contributed by atoms with Crippen LogP contribution in [0.2, 0.25) is 0 Å². The van der Waals surface area contributed by atoms with E-state index in [-0.39, 0.29) is 17.4 Å². The summed E-state index contributed by atoms with van der Waals surface area (Å²) in [6, 6.07) is 0. The zero-order valence-electron chi connectivity index (χ0n) is 12.5. The Balaban J connectivity index is 1.67. The second kappa shape index (κ2) is 3.79. The maximum absolute atomic E-state index is 12.3. The highest BCUT2D eigenvalue weighted by molar-refractivity contribution is 5.83. The fourth-order valence-electron chi connectivity index (χ4n) is 5.91. The largest absolute Gasteiger partial charge is 0.362 e. The zero-order chi connectivity index (χ0) is 14.3. The zero-order valence-corrected chi connectivity index (χ0v) is 12.5. The van der Waals surface area contributed by atoms with Crippen molar-refractivity contribution < 1.29 is 19.0 Å². The van der Waals surface area contributed by atoms with Crippen molar-refractivity contribution in [1.82, 2.24) is 0 Å². The van der Waals surface area contributed by atoms with Gasteiger partial charge in [0.05, 0.1) is 25.2 Å². The third-order valence-corrected chi connectivity index (χ3v) is 6.57. The van der Waals surface area contributed by atoms with Crippen LogP contribution >= 0.6 is 0 Å². The predicted octanol–water partition coefficient (Wildman–Crippen LogP) is 2.37. The van der Waals surface area contributed by atoms with Gasteiger partial charge < -0.3 is 14.2 Å². The number of carbonyl (C=O) groups excluding carboxylic acids is 1. The Hall–Kier alpha value is -0.710. The molecule has 3 aliphatic heterocycles. The first-order chi connectivity index (χ1) is 10.1. The van der Waals surface area contributed by atoms with Gasteiger partial charge in [0.2, 0.25) is 0 Å². The molecule has 4 fully saturated rings. The molecule has 0 unspecified atom stereocenters. The molecular weight excluding hydrogens is 268 g/mol. The first-order valence-electron chi connectivity index (χ1n) is 8.25. The van der Waals surface area contributed by atoms with E-state index in [0.717, 1.165) is 25.7 Å². The van der Waals surface area contributed by atoms with Crippen molar-refractivity contribution in [2.75, 3.05) is 13.2 Å². The van der Waals surface area contributed by atoms with Crippen molar-refractivity contribution in [1.29, 1.82) is 0 Å². The van der Waals surface area contributed by atoms with Crippen molar-refractivity contribution in [2.24, 2.45) is 11.3 Å². The van der Waals surface area contributed by atoms with E-state index in [1.165, 1.54) is 5.57 Å². The van der Waals surface area contributed by atoms with E-state index in [2.05, 4.69) is 13.0 Å². The molecule has 2 saturated heterocycles. The van der Waals surface area contributed by atoms with E-state index in [1.54, 1.807) is 0 Å². The Kier molecular flexibility index (Phi) is 2.31. The first kappa shape index (κ1) is 12.8. The molecule has 21 heavy (non-hydrogen) atoms. The van der Waals surface area contributed by atoms with Crippen LogP contribution in [0.5, 0.6) is 0 Å². The molecule has 5 aliphatic rings. The molecule has 0 N–H and O–H groups in total. The number of Topliss-reactive ketones (excluding diaryl/α,β-unsaturated/α-hetero) is 1. The van der Waals surface area contributed by atoms with E-state index < -0.39 is 11.4 Å². The van der Waals surface area contributed by atoms with E-state index in [1.807, 2.05) is 0 Å². The highest BCUT2D eigenvalue weighted by Crippen LogP contribution is 2.67. The third kappa shape index (κ3) is 1.44. The standard InChI is InChI=1S/C17H22O4/c1-15-3-2-11-8-13-9-12(18)10-16(11,21-13)14(15)17(5-4-15)19-6-7-20-17/h8,13-14H,2-7,9-10H2,1H3/t13-,14+,15-,16-/m0/s1. The lowest BCUT2D eigenvalue weighted by Gasteiger charge is -2.54. The number of carbonyl (C=O) groups is 1. The van der Waals surface area contributed by atoms with Gasteiger partial charge in [0.25, 0.3) is 0 Å². The van der Waals surface area contributed by atoms with Gasteiger partial charge in [-0.1, -0.05) is 13.0 Å². The van der Waals surface area contributed by atoms with Gasteiger partial charge in [0.15, 0.2) is 5.79 Å². The predicted molar refractivity (Wildman–Crippen MR) is 74.6 cm³/mol. The summed E-state index contributed by atoms with van der Waals surface area (Å²) in [5.74, 6) is -0.0168. The smallest absolute Gasteiger partial charge is 0.174 e. The minimum absolute atomic E-state index is 0.0114. The normalized spacial score (nSPS) is 50.1. The summed E-state index contributed by atoms with van der Waals surface area (Å²) in [5, 5.41) is 0. The average molecular weight is 290 g/mol. The molecule has 114 valence electrons. The van der Waals surface area contributed by atoms with Gasteiger partial charge in [-0.3, -0.25) is 4.79 Å².